The summed E-state index contributed by atoms with van der Waals surface area (Å²) in [7, 11) is 0. The van der Waals surface area contributed by atoms with Gasteiger partial charge in [-0.3, -0.25) is 5.41 Å². The summed E-state index contributed by atoms with van der Waals surface area (Å²) in [6.07, 6.45) is 2.29. The Hall–Kier alpha value is -1.65. The van der Waals surface area contributed by atoms with E-state index in [2.05, 4.69) is 9.97 Å². The first-order valence-corrected chi connectivity index (χ1v) is 5.01. The van der Waals surface area contributed by atoms with Gasteiger partial charge >= 0.3 is 0 Å². The summed E-state index contributed by atoms with van der Waals surface area (Å²) in [5.74, 6) is 0.903. The first kappa shape index (κ1) is 11.4. The van der Waals surface area contributed by atoms with Crippen LogP contribution in [-0.2, 0) is 0 Å². The van der Waals surface area contributed by atoms with Gasteiger partial charge in [-0.2, -0.15) is 0 Å². The minimum atomic E-state index is 0.195. The van der Waals surface area contributed by atoms with Gasteiger partial charge in [-0.25, -0.2) is 9.97 Å². The molecule has 15 heavy (non-hydrogen) atoms. The van der Waals surface area contributed by atoms with Gasteiger partial charge in [0.15, 0.2) is 0 Å². The summed E-state index contributed by atoms with van der Waals surface area (Å²) < 4.78 is 0. The lowest BCUT2D eigenvalue weighted by molar-refractivity contribution is 0.790. The number of nitrogens with two attached hydrogens (primary N) is 1. The van der Waals surface area contributed by atoms with Crippen LogP contribution in [0.1, 0.15) is 19.0 Å². The van der Waals surface area contributed by atoms with Crippen LogP contribution in [0.2, 0.25) is 0 Å². The van der Waals surface area contributed by atoms with Crippen molar-refractivity contribution in [1.82, 2.24) is 9.97 Å². The van der Waals surface area contributed by atoms with Gasteiger partial charge in [-0.15, -0.1) is 0 Å². The zero-order valence-corrected chi connectivity index (χ0v) is 9.20. The normalized spacial score (nSPS) is 10.0. The Bertz CT molecular complexity index is 336. The molecule has 0 saturated carbocycles. The van der Waals surface area contributed by atoms with Crippen molar-refractivity contribution in [3.63, 3.8) is 0 Å². The van der Waals surface area contributed by atoms with E-state index in [1.165, 1.54) is 0 Å². The SMILES string of the molecule is CCN(CCC(=N)N)c1nccc(C)n1. The number of amidine groups is 1. The zero-order valence-electron chi connectivity index (χ0n) is 9.20. The highest BCUT2D eigenvalue weighted by atomic mass is 15.2. The molecule has 1 heterocycles. The highest BCUT2D eigenvalue weighted by Crippen LogP contribution is 2.07. The van der Waals surface area contributed by atoms with Gasteiger partial charge in [0.2, 0.25) is 5.95 Å². The molecule has 82 valence electrons. The number of nitrogens with one attached hydrogen (secondary N) is 1. The lowest BCUT2D eigenvalue weighted by Crippen LogP contribution is -2.29. The van der Waals surface area contributed by atoms with Crippen LogP contribution in [0.15, 0.2) is 12.3 Å². The summed E-state index contributed by atoms with van der Waals surface area (Å²) in [4.78, 5) is 10.5. The van der Waals surface area contributed by atoms with Gasteiger partial charge in [0.1, 0.15) is 0 Å². The number of rotatable bonds is 5. The summed E-state index contributed by atoms with van der Waals surface area (Å²) in [5.41, 5.74) is 6.26. The smallest absolute Gasteiger partial charge is 0.225 e. The van der Waals surface area contributed by atoms with Crippen LogP contribution in [0, 0.1) is 12.3 Å². The molecule has 0 bridgehead atoms. The molecule has 0 radical (unpaired) electrons. The molecule has 0 aliphatic heterocycles. The second-order valence-electron chi connectivity index (χ2n) is 3.35. The van der Waals surface area contributed by atoms with E-state index in [1.54, 1.807) is 6.20 Å². The second-order valence-corrected chi connectivity index (χ2v) is 3.35. The van der Waals surface area contributed by atoms with E-state index in [-0.39, 0.29) is 5.84 Å². The summed E-state index contributed by atoms with van der Waals surface area (Å²) in [5, 5.41) is 7.18. The lowest BCUT2D eigenvalue weighted by atomic mass is 10.3. The Morgan fingerprint density at radius 2 is 2.33 bits per heavy atom. The van der Waals surface area contributed by atoms with Crippen molar-refractivity contribution >= 4 is 11.8 Å². The third-order valence-electron chi connectivity index (χ3n) is 2.10. The largest absolute Gasteiger partial charge is 0.388 e. The van der Waals surface area contributed by atoms with Crippen molar-refractivity contribution in [2.45, 2.75) is 20.3 Å². The Morgan fingerprint density at radius 3 is 2.87 bits per heavy atom. The number of aromatic nitrogens is 2. The Labute approximate surface area is 89.8 Å². The molecule has 0 aliphatic rings. The monoisotopic (exact) mass is 207 g/mol. The van der Waals surface area contributed by atoms with Gasteiger partial charge in [0.05, 0.1) is 5.84 Å². The number of anilines is 1. The minimum absolute atomic E-state index is 0.195. The zero-order chi connectivity index (χ0) is 11.3. The van der Waals surface area contributed by atoms with E-state index in [9.17, 15) is 0 Å². The van der Waals surface area contributed by atoms with Crippen LogP contribution in [0.4, 0.5) is 5.95 Å². The molecule has 0 unspecified atom stereocenters. The molecule has 0 atom stereocenters. The molecule has 0 saturated heterocycles. The molecular weight excluding hydrogens is 190 g/mol. The van der Waals surface area contributed by atoms with Crippen LogP contribution < -0.4 is 10.6 Å². The van der Waals surface area contributed by atoms with Crippen LogP contribution >= 0.6 is 0 Å². The average Bonchev–Trinajstić information content (AvgIpc) is 2.18. The van der Waals surface area contributed by atoms with E-state index >= 15 is 0 Å². The maximum atomic E-state index is 7.18. The molecule has 5 nitrogen and oxygen atoms in total. The fraction of sp³-hybridized carbons (Fsp3) is 0.500. The molecule has 1 aromatic rings. The maximum absolute atomic E-state index is 7.18. The number of nitrogens with zero attached hydrogens (tertiary/aromatic N) is 3. The lowest BCUT2D eigenvalue weighted by Gasteiger charge is -2.20. The summed E-state index contributed by atoms with van der Waals surface area (Å²) in [6, 6.07) is 1.86. The van der Waals surface area contributed by atoms with Crippen LogP contribution in [0.25, 0.3) is 0 Å². The van der Waals surface area contributed by atoms with Crippen molar-refractivity contribution in [2.75, 3.05) is 18.0 Å². The maximum Gasteiger partial charge on any atom is 0.225 e. The molecule has 0 fully saturated rings. The Balaban J connectivity index is 2.69. The van der Waals surface area contributed by atoms with E-state index < -0.39 is 0 Å². The van der Waals surface area contributed by atoms with Gasteiger partial charge in [-0.05, 0) is 19.9 Å². The molecule has 1 rings (SSSR count). The highest BCUT2D eigenvalue weighted by molar-refractivity contribution is 5.77. The molecule has 1 aromatic heterocycles. The van der Waals surface area contributed by atoms with E-state index in [1.807, 2.05) is 24.8 Å². The Kier molecular flexibility index (Phi) is 4.03. The summed E-state index contributed by atoms with van der Waals surface area (Å²) >= 11 is 0. The molecule has 0 spiro atoms. The topological polar surface area (TPSA) is 78.9 Å². The molecule has 0 aromatic carbocycles. The molecular formula is C10H17N5. The number of aryl methyl sites for hydroxylation is 1. The first-order chi connectivity index (χ1) is 7.13. The van der Waals surface area contributed by atoms with Crippen LogP contribution in [-0.4, -0.2) is 28.9 Å². The van der Waals surface area contributed by atoms with E-state index in [0.717, 1.165) is 12.2 Å². The predicted molar refractivity (Wildman–Crippen MR) is 61.2 cm³/mol. The second kappa shape index (κ2) is 5.29. The fourth-order valence-corrected chi connectivity index (χ4v) is 1.24. The third-order valence-corrected chi connectivity index (χ3v) is 2.10. The summed E-state index contributed by atoms with van der Waals surface area (Å²) in [6.45, 7) is 5.47. The molecule has 3 N–H and O–H groups in total. The van der Waals surface area contributed by atoms with Gasteiger partial charge in [-0.1, -0.05) is 0 Å². The van der Waals surface area contributed by atoms with Crippen molar-refractivity contribution < 1.29 is 0 Å². The van der Waals surface area contributed by atoms with Gasteiger partial charge < -0.3 is 10.6 Å². The van der Waals surface area contributed by atoms with E-state index in [0.29, 0.717) is 18.9 Å². The quantitative estimate of drug-likeness (QED) is 0.556. The van der Waals surface area contributed by atoms with Crippen LogP contribution in [0.3, 0.4) is 0 Å². The minimum Gasteiger partial charge on any atom is -0.388 e. The molecule has 5 heteroatoms. The van der Waals surface area contributed by atoms with Gasteiger partial charge in [0.25, 0.3) is 0 Å². The third kappa shape index (κ3) is 3.53. The number of hydrogen-bond acceptors (Lipinski definition) is 4. The van der Waals surface area contributed by atoms with Gasteiger partial charge in [0, 0.05) is 31.4 Å². The first-order valence-electron chi connectivity index (χ1n) is 5.01. The average molecular weight is 207 g/mol. The molecule has 0 aliphatic carbocycles. The van der Waals surface area contributed by atoms with E-state index in [4.69, 9.17) is 11.1 Å². The van der Waals surface area contributed by atoms with Crippen molar-refractivity contribution in [3.05, 3.63) is 18.0 Å². The van der Waals surface area contributed by atoms with Crippen molar-refractivity contribution in [1.29, 1.82) is 5.41 Å². The molecule has 0 amide bonds. The standard InChI is InChI=1S/C10H17N5/c1-3-15(7-5-9(11)12)10-13-6-4-8(2)14-10/h4,6H,3,5,7H2,1-2H3,(H3,11,12). The number of hydrogen-bond donors (Lipinski definition) is 2. The van der Waals surface area contributed by atoms with Crippen LogP contribution in [0.5, 0.6) is 0 Å². The highest BCUT2D eigenvalue weighted by Gasteiger charge is 2.07. The van der Waals surface area contributed by atoms with Crippen molar-refractivity contribution in [3.8, 4) is 0 Å². The predicted octanol–water partition coefficient (Wildman–Crippen LogP) is 0.937. The Morgan fingerprint density at radius 1 is 1.60 bits per heavy atom. The van der Waals surface area contributed by atoms with Crippen molar-refractivity contribution in [2.24, 2.45) is 5.73 Å². The fourth-order valence-electron chi connectivity index (χ4n) is 1.24.